The second-order valence-corrected chi connectivity index (χ2v) is 21.3. The number of carbonyl (C=O) groups excluding carboxylic acids is 11. The molecule has 0 unspecified atom stereocenters. The fourth-order valence-corrected chi connectivity index (χ4v) is 10.1. The van der Waals surface area contributed by atoms with Gasteiger partial charge in [0.15, 0.2) is 0 Å². The number of nitrogens with two attached hydrogens (primary N) is 4. The van der Waals surface area contributed by atoms with Crippen molar-refractivity contribution in [3.8, 4) is 0 Å². The van der Waals surface area contributed by atoms with Crippen molar-refractivity contribution in [1.82, 2.24) is 47.4 Å². The Labute approximate surface area is 457 Å². The van der Waals surface area contributed by atoms with Gasteiger partial charge in [0, 0.05) is 43.9 Å². The van der Waals surface area contributed by atoms with Crippen molar-refractivity contribution >= 4 is 92.5 Å². The summed E-state index contributed by atoms with van der Waals surface area (Å²) in [5.41, 5.74) is 23.2. The van der Waals surface area contributed by atoms with E-state index in [1.165, 1.54) is 4.90 Å². The molecule has 0 aromatic heterocycles. The minimum Gasteiger partial charge on any atom is -0.481 e. The average Bonchev–Trinajstić information content (AvgIpc) is 3.85. The first kappa shape index (κ1) is 68.5. The van der Waals surface area contributed by atoms with Gasteiger partial charge in [-0.2, -0.15) is 0 Å². The highest BCUT2D eigenvalue weighted by Crippen LogP contribution is 2.26. The number of carboxylic acids is 1. The number of primary amides is 3. The molecule has 2 aliphatic heterocycles. The van der Waals surface area contributed by atoms with E-state index in [0.717, 1.165) is 28.5 Å². The van der Waals surface area contributed by atoms with Crippen LogP contribution in [0.2, 0.25) is 0 Å². The highest BCUT2D eigenvalue weighted by molar-refractivity contribution is 8.76. The van der Waals surface area contributed by atoms with E-state index < -0.39 is 138 Å². The zero-order chi connectivity index (χ0) is 57.1. The second kappa shape index (κ2) is 35.7. The molecule has 0 spiro atoms. The molecule has 432 valence electrons. The zero-order valence-electron chi connectivity index (χ0n) is 43.7. The topological polar surface area (TPSA) is 429 Å². The Kier molecular flexibility index (Phi) is 31.8. The molecular formula is C49H81N13O13S2. The maximum absolute atomic E-state index is 14.6. The van der Waals surface area contributed by atoms with Crippen LogP contribution in [0.25, 0.3) is 0 Å². The lowest BCUT2D eigenvalue weighted by Crippen LogP contribution is -2.61. The van der Waals surface area contributed by atoms with Gasteiger partial charge in [0.1, 0.15) is 42.3 Å². The van der Waals surface area contributed by atoms with Gasteiger partial charge in [-0.15, -0.1) is 0 Å². The summed E-state index contributed by atoms with van der Waals surface area (Å²) in [4.78, 5) is 158. The van der Waals surface area contributed by atoms with Crippen molar-refractivity contribution < 1.29 is 62.6 Å². The van der Waals surface area contributed by atoms with Crippen LogP contribution in [0.4, 0.5) is 0 Å². The SMILES string of the molecule is C.CC(=O)O.CC[C@H](C)[C@@H]1NC(=O)[C@H](Cc2ccccc2)NC(=O)[C@@H](N)CSSC[C@@H](C(=O)N2CCC[C@H]2C(=O)N[C@@H](CCCNC(C)C)C(=O)NCC(N)=O)NC(=O)[C@H](CC(N)=O)NC(=O)[C@H](CCCC(N)=O)NC1=O. The van der Waals surface area contributed by atoms with Crippen molar-refractivity contribution in [1.29, 1.82) is 0 Å². The highest BCUT2D eigenvalue weighted by atomic mass is 33.1. The molecule has 2 heterocycles. The molecule has 3 rings (SSSR count). The number of carboxylic acid groups (broad SMARTS) is 1. The standard InChI is InChI=1S/C46H73N13O11S2.C2H4O2.CH4/c1-5-26(4)38-45(69)54-30(14-9-17-35(48)60)41(65)56-32(21-36(49)61)42(66)57-33(24-72-71-23-28(47)39(63)55-31(43(67)58-38)20-27-12-7-6-8-13-27)46(70)59-19-11-16-34(59)44(68)53-29(15-10-18-51-25(2)3)40(64)52-22-37(50)62;1-2(3)4;/h6-8,12-13,25-26,28-34,38,51H,5,9-11,14-24,47H2,1-4H3,(H2,48,60)(H2,49,61)(H2,50,62)(H,52,64)(H,53,68)(H,54,69)(H,55,63)(H,56,65)(H,57,66)(H,58,67);1H3,(H,3,4);1H4/t26-,28-,29-,30-,31-,32-,33-,34-,38-;;/m0../s1. The number of hydrogen-bond donors (Lipinski definition) is 13. The maximum atomic E-state index is 14.6. The largest absolute Gasteiger partial charge is 0.481 e. The quantitative estimate of drug-likeness (QED) is 0.0448. The molecule has 2 aliphatic rings. The van der Waals surface area contributed by atoms with E-state index in [9.17, 15) is 52.7 Å². The summed E-state index contributed by atoms with van der Waals surface area (Å²) in [5.74, 6) is -10.4. The number of rotatable bonds is 21. The van der Waals surface area contributed by atoms with Crippen LogP contribution < -0.4 is 65.5 Å². The van der Waals surface area contributed by atoms with Gasteiger partial charge < -0.3 is 75.5 Å². The van der Waals surface area contributed by atoms with Gasteiger partial charge >= 0.3 is 0 Å². The summed E-state index contributed by atoms with van der Waals surface area (Å²) < 4.78 is 0. The van der Waals surface area contributed by atoms with Gasteiger partial charge in [-0.3, -0.25) is 57.5 Å². The van der Waals surface area contributed by atoms with E-state index >= 15 is 0 Å². The number of nitrogens with zero attached hydrogens (tertiary/aromatic N) is 1. The fraction of sp³-hybridized carbons (Fsp3) is 0.633. The molecule has 17 N–H and O–H groups in total. The van der Waals surface area contributed by atoms with Crippen molar-refractivity contribution in [2.45, 2.75) is 161 Å². The number of benzene rings is 1. The molecule has 0 bridgehead atoms. The van der Waals surface area contributed by atoms with Crippen LogP contribution in [0.1, 0.15) is 105 Å². The van der Waals surface area contributed by atoms with Crippen LogP contribution >= 0.6 is 21.6 Å². The molecule has 77 heavy (non-hydrogen) atoms. The van der Waals surface area contributed by atoms with Gasteiger partial charge in [0.25, 0.3) is 5.97 Å². The molecule has 2 fully saturated rings. The predicted octanol–water partition coefficient (Wildman–Crippen LogP) is -2.47. The monoisotopic (exact) mass is 1120 g/mol. The van der Waals surface area contributed by atoms with Crippen molar-refractivity contribution in [3.05, 3.63) is 35.9 Å². The van der Waals surface area contributed by atoms with Gasteiger partial charge in [0.2, 0.25) is 65.0 Å². The summed E-state index contributed by atoms with van der Waals surface area (Å²) in [7, 11) is 2.11. The Morgan fingerprint density at radius 2 is 1.38 bits per heavy atom. The molecule has 28 heteroatoms. The lowest BCUT2D eigenvalue weighted by molar-refractivity contribution is -0.142. The fourth-order valence-electron chi connectivity index (χ4n) is 7.78. The van der Waals surface area contributed by atoms with Crippen LogP contribution in [0.3, 0.4) is 0 Å². The Bertz CT molecular complexity index is 2170. The molecule has 1 aromatic rings. The van der Waals surface area contributed by atoms with Crippen molar-refractivity contribution in [2.24, 2.45) is 28.9 Å². The molecule has 9 atom stereocenters. The number of hydrogen-bond acceptors (Lipinski definition) is 16. The average molecular weight is 1120 g/mol. The summed E-state index contributed by atoms with van der Waals surface area (Å²) >= 11 is 0. The van der Waals surface area contributed by atoms with E-state index in [1.807, 2.05) is 13.8 Å². The minimum absolute atomic E-state index is 0. The number of nitrogens with one attached hydrogen (secondary N) is 8. The van der Waals surface area contributed by atoms with E-state index in [0.29, 0.717) is 31.4 Å². The third kappa shape index (κ3) is 25.9. The Balaban J connectivity index is 0.00000571. The molecular weight excluding hydrogens is 1040 g/mol. The lowest BCUT2D eigenvalue weighted by Gasteiger charge is -2.31. The highest BCUT2D eigenvalue weighted by Gasteiger charge is 2.41. The molecule has 0 saturated carbocycles. The van der Waals surface area contributed by atoms with E-state index in [1.54, 1.807) is 44.2 Å². The summed E-state index contributed by atoms with van der Waals surface area (Å²) in [6.07, 6.45) is 0.419. The van der Waals surface area contributed by atoms with Crippen LogP contribution in [-0.4, -0.2) is 166 Å². The lowest BCUT2D eigenvalue weighted by atomic mass is 9.96. The zero-order valence-corrected chi connectivity index (χ0v) is 45.3. The number of amides is 11. The van der Waals surface area contributed by atoms with Gasteiger partial charge in [-0.25, -0.2) is 0 Å². The third-order valence-corrected chi connectivity index (χ3v) is 14.4. The van der Waals surface area contributed by atoms with Crippen LogP contribution in [0.15, 0.2) is 30.3 Å². The molecule has 11 amide bonds. The van der Waals surface area contributed by atoms with Crippen LogP contribution in [-0.2, 0) is 64.0 Å². The Morgan fingerprint density at radius 1 is 0.779 bits per heavy atom. The number of likely N-dealkylation sites (tertiary alicyclic amines) is 1. The first-order valence-electron chi connectivity index (χ1n) is 25.1. The molecule has 2 saturated heterocycles. The van der Waals surface area contributed by atoms with Crippen LogP contribution in [0, 0.1) is 5.92 Å². The van der Waals surface area contributed by atoms with Crippen LogP contribution in [0.5, 0.6) is 0 Å². The van der Waals surface area contributed by atoms with Gasteiger partial charge in [-0.1, -0.05) is 93.5 Å². The Morgan fingerprint density at radius 3 is 1.97 bits per heavy atom. The summed E-state index contributed by atoms with van der Waals surface area (Å²) in [6, 6.07) is -1.56. The second-order valence-electron chi connectivity index (χ2n) is 18.7. The first-order valence-corrected chi connectivity index (χ1v) is 27.6. The number of carbonyl (C=O) groups is 12. The van der Waals surface area contributed by atoms with Gasteiger partial charge in [-0.05, 0) is 56.6 Å². The summed E-state index contributed by atoms with van der Waals surface area (Å²) in [5, 5.41) is 28.9. The molecule has 26 nitrogen and oxygen atoms in total. The van der Waals surface area contributed by atoms with E-state index in [-0.39, 0.29) is 70.0 Å². The normalized spacial score (nSPS) is 22.6. The minimum atomic E-state index is -1.72. The van der Waals surface area contributed by atoms with E-state index in [2.05, 4.69) is 42.5 Å². The summed E-state index contributed by atoms with van der Waals surface area (Å²) in [6.45, 7) is 8.56. The first-order chi connectivity index (χ1) is 35.8. The van der Waals surface area contributed by atoms with Crippen molar-refractivity contribution in [2.75, 3.05) is 31.1 Å². The predicted molar refractivity (Wildman–Crippen MR) is 290 cm³/mol. The van der Waals surface area contributed by atoms with Gasteiger partial charge in [0.05, 0.1) is 19.0 Å². The molecule has 0 radical (unpaired) electrons. The Hall–Kier alpha value is -6.52. The molecule has 0 aliphatic carbocycles. The van der Waals surface area contributed by atoms with E-state index in [4.69, 9.17) is 32.8 Å². The number of aliphatic carboxylic acids is 1. The van der Waals surface area contributed by atoms with Crippen molar-refractivity contribution in [3.63, 3.8) is 0 Å². The molecule has 1 aromatic carbocycles. The third-order valence-electron chi connectivity index (χ3n) is 11.9. The smallest absolute Gasteiger partial charge is 0.300 e. The maximum Gasteiger partial charge on any atom is 0.300 e.